The zero-order valence-electron chi connectivity index (χ0n) is 13.2. The van der Waals surface area contributed by atoms with E-state index in [9.17, 15) is 5.11 Å². The number of alkyl halides is 1. The SMILES string of the molecule is CNC[C@H](O)[C@@H](c1ccccc1)C1C=C(CI)c2ccccc21. The van der Waals surface area contributed by atoms with Crippen LogP contribution in [0.4, 0.5) is 0 Å². The van der Waals surface area contributed by atoms with Gasteiger partial charge in [-0.1, -0.05) is 83.3 Å². The van der Waals surface area contributed by atoms with E-state index < -0.39 is 6.10 Å². The lowest BCUT2D eigenvalue weighted by Crippen LogP contribution is -2.32. The van der Waals surface area contributed by atoms with Gasteiger partial charge in [-0.25, -0.2) is 0 Å². The lowest BCUT2D eigenvalue weighted by molar-refractivity contribution is 0.137. The molecule has 0 amide bonds. The molecule has 2 nitrogen and oxygen atoms in total. The van der Waals surface area contributed by atoms with Gasteiger partial charge in [0.25, 0.3) is 0 Å². The summed E-state index contributed by atoms with van der Waals surface area (Å²) in [5, 5.41) is 13.9. The molecule has 0 heterocycles. The minimum atomic E-state index is -0.426. The summed E-state index contributed by atoms with van der Waals surface area (Å²) in [7, 11) is 1.89. The number of hydrogen-bond donors (Lipinski definition) is 2. The smallest absolute Gasteiger partial charge is 0.0741 e. The Kier molecular flexibility index (Phi) is 5.51. The highest BCUT2D eigenvalue weighted by atomic mass is 127. The molecule has 1 aliphatic carbocycles. The second-order valence-corrected chi connectivity index (χ2v) is 6.76. The molecule has 3 heteroatoms. The summed E-state index contributed by atoms with van der Waals surface area (Å²) < 4.78 is 0.995. The first-order valence-corrected chi connectivity index (χ1v) is 9.52. The van der Waals surface area contributed by atoms with Crippen molar-refractivity contribution in [3.63, 3.8) is 0 Å². The van der Waals surface area contributed by atoms with Crippen molar-refractivity contribution < 1.29 is 5.11 Å². The van der Waals surface area contributed by atoms with E-state index in [1.165, 1.54) is 22.3 Å². The van der Waals surface area contributed by atoms with Gasteiger partial charge in [0.15, 0.2) is 0 Å². The Balaban J connectivity index is 2.05. The summed E-state index contributed by atoms with van der Waals surface area (Å²) >= 11 is 2.43. The topological polar surface area (TPSA) is 32.3 Å². The molecule has 0 radical (unpaired) electrons. The highest BCUT2D eigenvalue weighted by molar-refractivity contribution is 14.1. The molecule has 2 N–H and O–H groups in total. The normalized spacial score (nSPS) is 19.1. The largest absolute Gasteiger partial charge is 0.391 e. The summed E-state index contributed by atoms with van der Waals surface area (Å²) in [5.74, 6) is 0.284. The molecule has 3 rings (SSSR count). The molecule has 0 aromatic heterocycles. The molecular formula is C20H22INO. The van der Waals surface area contributed by atoms with Crippen LogP contribution in [0.15, 0.2) is 60.7 Å². The third-order valence-corrected chi connectivity index (χ3v) is 5.41. The fourth-order valence-corrected chi connectivity index (χ4v) is 4.24. The maximum absolute atomic E-state index is 10.8. The standard InChI is InChI=1S/C20H22INO/c1-22-13-19(23)20(14-7-3-2-4-8-14)18-11-15(12-21)16-9-5-6-10-17(16)18/h2-11,18-20,22-23H,12-13H2,1H3/t18?,19-,20-/m0/s1. The van der Waals surface area contributed by atoms with Crippen molar-refractivity contribution >= 4 is 28.2 Å². The minimum Gasteiger partial charge on any atom is -0.391 e. The van der Waals surface area contributed by atoms with Crippen molar-refractivity contribution in [2.45, 2.75) is 17.9 Å². The number of fused-ring (bicyclic) bond motifs is 1. The monoisotopic (exact) mass is 419 g/mol. The molecular weight excluding hydrogens is 397 g/mol. The lowest BCUT2D eigenvalue weighted by atomic mass is 9.79. The third kappa shape index (κ3) is 3.37. The Labute approximate surface area is 151 Å². The second-order valence-electron chi connectivity index (χ2n) is 6.00. The lowest BCUT2D eigenvalue weighted by Gasteiger charge is -2.29. The van der Waals surface area contributed by atoms with Gasteiger partial charge in [0.1, 0.15) is 0 Å². The molecule has 0 aliphatic heterocycles. The van der Waals surface area contributed by atoms with Crippen LogP contribution in [0.2, 0.25) is 0 Å². The fraction of sp³-hybridized carbons (Fsp3) is 0.300. The van der Waals surface area contributed by atoms with Gasteiger partial charge in [-0.05, 0) is 29.3 Å². The van der Waals surface area contributed by atoms with Crippen LogP contribution in [-0.2, 0) is 0 Å². The van der Waals surface area contributed by atoms with Crippen molar-refractivity contribution in [3.05, 3.63) is 77.4 Å². The number of halogens is 1. The number of likely N-dealkylation sites (N-methyl/N-ethyl adjacent to an activating group) is 1. The first-order chi connectivity index (χ1) is 11.3. The first-order valence-electron chi connectivity index (χ1n) is 7.99. The molecule has 0 spiro atoms. The fourth-order valence-electron chi connectivity index (χ4n) is 3.57. The maximum Gasteiger partial charge on any atom is 0.0741 e. The summed E-state index contributed by atoms with van der Waals surface area (Å²) in [6.07, 6.45) is 1.93. The van der Waals surface area contributed by atoms with E-state index in [4.69, 9.17) is 0 Å². The molecule has 1 aliphatic rings. The maximum atomic E-state index is 10.8. The Bertz CT molecular complexity index is 683. The minimum absolute atomic E-state index is 0.0604. The number of benzene rings is 2. The Morgan fingerprint density at radius 2 is 1.78 bits per heavy atom. The molecule has 0 saturated heterocycles. The Morgan fingerprint density at radius 3 is 2.48 bits per heavy atom. The predicted molar refractivity (Wildman–Crippen MR) is 105 cm³/mol. The molecule has 3 atom stereocenters. The first kappa shape index (κ1) is 16.7. The van der Waals surface area contributed by atoms with Gasteiger partial charge in [-0.2, -0.15) is 0 Å². The quantitative estimate of drug-likeness (QED) is 0.549. The molecule has 0 fully saturated rings. The number of rotatable bonds is 6. The van der Waals surface area contributed by atoms with Gasteiger partial charge in [0, 0.05) is 22.8 Å². The van der Waals surface area contributed by atoms with Gasteiger partial charge in [-0.15, -0.1) is 0 Å². The van der Waals surface area contributed by atoms with Crippen LogP contribution < -0.4 is 5.32 Å². The van der Waals surface area contributed by atoms with Crippen molar-refractivity contribution in [1.29, 1.82) is 0 Å². The van der Waals surface area contributed by atoms with E-state index in [0.29, 0.717) is 6.54 Å². The number of hydrogen-bond acceptors (Lipinski definition) is 2. The van der Waals surface area contributed by atoms with E-state index in [1.54, 1.807) is 0 Å². The highest BCUT2D eigenvalue weighted by Crippen LogP contribution is 2.45. The van der Waals surface area contributed by atoms with Crippen LogP contribution in [0.1, 0.15) is 28.5 Å². The number of aliphatic hydroxyl groups is 1. The van der Waals surface area contributed by atoms with Gasteiger partial charge in [0.2, 0.25) is 0 Å². The summed E-state index contributed by atoms with van der Waals surface area (Å²) in [5.41, 5.74) is 5.25. The second kappa shape index (κ2) is 7.60. The van der Waals surface area contributed by atoms with Crippen LogP contribution in [0.5, 0.6) is 0 Å². The van der Waals surface area contributed by atoms with E-state index in [2.05, 4.69) is 82.5 Å². The summed E-state index contributed by atoms with van der Waals surface area (Å²) in [6, 6.07) is 19.0. The van der Waals surface area contributed by atoms with Crippen molar-refractivity contribution in [2.75, 3.05) is 18.0 Å². The summed E-state index contributed by atoms with van der Waals surface area (Å²) in [6.45, 7) is 0.589. The van der Waals surface area contributed by atoms with Crippen LogP contribution in [0, 0.1) is 0 Å². The third-order valence-electron chi connectivity index (χ3n) is 4.59. The van der Waals surface area contributed by atoms with Crippen molar-refractivity contribution in [1.82, 2.24) is 5.32 Å². The number of allylic oxidation sites excluding steroid dienone is 2. The van der Waals surface area contributed by atoms with Crippen LogP contribution in [-0.4, -0.2) is 29.2 Å². The van der Waals surface area contributed by atoms with Gasteiger partial charge in [0.05, 0.1) is 6.10 Å². The summed E-state index contributed by atoms with van der Waals surface area (Å²) in [4.78, 5) is 0. The highest BCUT2D eigenvalue weighted by Gasteiger charge is 2.34. The molecule has 0 saturated carbocycles. The van der Waals surface area contributed by atoms with Crippen molar-refractivity contribution in [2.24, 2.45) is 0 Å². The Hall–Kier alpha value is -1.17. The average Bonchev–Trinajstić information content (AvgIpc) is 2.95. The number of aliphatic hydroxyl groups excluding tert-OH is 1. The zero-order valence-corrected chi connectivity index (χ0v) is 15.4. The average molecular weight is 419 g/mol. The Morgan fingerprint density at radius 1 is 1.09 bits per heavy atom. The van der Waals surface area contributed by atoms with E-state index in [0.717, 1.165) is 4.43 Å². The molecule has 0 bridgehead atoms. The number of nitrogens with one attached hydrogen (secondary N) is 1. The predicted octanol–water partition coefficient (Wildman–Crippen LogP) is 3.97. The molecule has 2 aromatic rings. The zero-order chi connectivity index (χ0) is 16.2. The molecule has 1 unspecified atom stereocenters. The molecule has 120 valence electrons. The van der Waals surface area contributed by atoms with Crippen LogP contribution in [0.3, 0.4) is 0 Å². The van der Waals surface area contributed by atoms with Crippen LogP contribution >= 0.6 is 22.6 Å². The van der Waals surface area contributed by atoms with E-state index in [-0.39, 0.29) is 11.8 Å². The van der Waals surface area contributed by atoms with Crippen LogP contribution in [0.25, 0.3) is 5.57 Å². The van der Waals surface area contributed by atoms with Gasteiger partial charge >= 0.3 is 0 Å². The van der Waals surface area contributed by atoms with E-state index in [1.807, 2.05) is 13.1 Å². The van der Waals surface area contributed by atoms with Gasteiger partial charge in [-0.3, -0.25) is 0 Å². The molecule has 23 heavy (non-hydrogen) atoms. The van der Waals surface area contributed by atoms with Gasteiger partial charge < -0.3 is 10.4 Å². The van der Waals surface area contributed by atoms with Crippen molar-refractivity contribution in [3.8, 4) is 0 Å². The van der Waals surface area contributed by atoms with E-state index >= 15 is 0 Å². The molecule has 2 aromatic carbocycles.